The van der Waals surface area contributed by atoms with Crippen LogP contribution in [0.1, 0.15) is 27.9 Å². The fraction of sp³-hybridized carbons (Fsp3) is 0.130. The smallest absolute Gasteiger partial charge is 0.366 e. The van der Waals surface area contributed by atoms with Gasteiger partial charge in [0.2, 0.25) is 5.91 Å². The molecule has 0 aliphatic rings. The first-order valence-corrected chi connectivity index (χ1v) is 8.89. The number of amides is 1. The van der Waals surface area contributed by atoms with Crippen LogP contribution in [0.25, 0.3) is 21.9 Å². The highest BCUT2D eigenvalue weighted by molar-refractivity contribution is 6.05. The van der Waals surface area contributed by atoms with Crippen molar-refractivity contribution in [2.75, 3.05) is 0 Å². The molecule has 1 amide bonds. The predicted molar refractivity (Wildman–Crippen MR) is 106 cm³/mol. The van der Waals surface area contributed by atoms with Crippen LogP contribution in [-0.4, -0.2) is 5.91 Å². The number of nitrogens with zero attached hydrogens (tertiary/aromatic N) is 1. The highest BCUT2D eigenvalue weighted by Crippen LogP contribution is 2.35. The van der Waals surface area contributed by atoms with Crippen molar-refractivity contribution in [3.63, 3.8) is 0 Å². The third kappa shape index (κ3) is 4.30. The molecule has 0 saturated heterocycles. The number of fused-ring (bicyclic) bond motifs is 1. The summed E-state index contributed by atoms with van der Waals surface area (Å²) in [7, 11) is 0. The fourth-order valence-electron chi connectivity index (χ4n) is 3.37. The van der Waals surface area contributed by atoms with Gasteiger partial charge in [-0.25, -0.2) is 0 Å². The normalized spacial score (nSPS) is 11.7. The molecule has 0 spiro atoms. The zero-order valence-electron chi connectivity index (χ0n) is 15.3. The summed E-state index contributed by atoms with van der Waals surface area (Å²) >= 11 is 0. The topological polar surface area (TPSA) is 66.9 Å². The summed E-state index contributed by atoms with van der Waals surface area (Å²) in [5.74, 6) is -0.550. The number of aryl methyl sites for hydroxylation is 1. The molecule has 0 saturated carbocycles. The van der Waals surface area contributed by atoms with Crippen molar-refractivity contribution in [1.29, 1.82) is 5.26 Å². The van der Waals surface area contributed by atoms with Crippen LogP contribution in [0.15, 0.2) is 66.7 Å². The van der Waals surface area contributed by atoms with Crippen molar-refractivity contribution in [2.45, 2.75) is 19.0 Å². The molecule has 0 atom stereocenters. The van der Waals surface area contributed by atoms with Crippen LogP contribution in [0, 0.1) is 11.3 Å². The van der Waals surface area contributed by atoms with Crippen LogP contribution in [0.2, 0.25) is 0 Å². The lowest BCUT2D eigenvalue weighted by Crippen LogP contribution is -2.14. The van der Waals surface area contributed by atoms with E-state index in [-0.39, 0.29) is 0 Å². The molecule has 0 radical (unpaired) electrons. The second-order valence-corrected chi connectivity index (χ2v) is 6.50. The number of carbonyl (C=O) groups is 1. The number of rotatable bonds is 5. The number of benzene rings is 3. The number of nitriles is 1. The van der Waals surface area contributed by atoms with Crippen LogP contribution < -0.4 is 5.73 Å². The number of halogens is 3. The predicted octanol–water partition coefficient (Wildman–Crippen LogP) is 5.64. The summed E-state index contributed by atoms with van der Waals surface area (Å²) in [5, 5.41) is 10.3. The van der Waals surface area contributed by atoms with E-state index in [1.54, 1.807) is 24.3 Å². The van der Waals surface area contributed by atoms with Crippen LogP contribution in [-0.2, 0) is 12.6 Å². The van der Waals surface area contributed by atoms with Gasteiger partial charge in [-0.05, 0) is 58.5 Å². The minimum atomic E-state index is -4.39. The standard InChI is InChI=1S/C23H17F3N2O/c24-23(25,26)16-10-8-15(9-11-16)17-6-4-7-18-19(5-2-1-3-14-27)21(22(28)29)13-12-20(17)18/h1,3-4,6-13H,2,5H2,(H2,28,29)/b3-1-. The Morgan fingerprint density at radius 3 is 2.38 bits per heavy atom. The Labute approximate surface area is 165 Å². The minimum Gasteiger partial charge on any atom is -0.366 e. The molecule has 0 heterocycles. The van der Waals surface area contributed by atoms with Crippen LogP contribution in [0.3, 0.4) is 0 Å². The van der Waals surface area contributed by atoms with Crippen molar-refractivity contribution in [2.24, 2.45) is 5.73 Å². The van der Waals surface area contributed by atoms with E-state index in [9.17, 15) is 18.0 Å². The molecule has 3 rings (SSSR count). The largest absolute Gasteiger partial charge is 0.416 e. The molecular formula is C23H17F3N2O. The van der Waals surface area contributed by atoms with Gasteiger partial charge in [0.05, 0.1) is 11.6 Å². The molecule has 0 aliphatic carbocycles. The average Bonchev–Trinajstić information content (AvgIpc) is 2.70. The monoisotopic (exact) mass is 394 g/mol. The van der Waals surface area contributed by atoms with E-state index in [4.69, 9.17) is 11.0 Å². The summed E-state index contributed by atoms with van der Waals surface area (Å²) in [4.78, 5) is 11.9. The molecule has 0 aliphatic heterocycles. The molecule has 0 bridgehead atoms. The van der Waals surface area contributed by atoms with Gasteiger partial charge in [-0.1, -0.05) is 42.5 Å². The van der Waals surface area contributed by atoms with E-state index in [2.05, 4.69) is 0 Å². The number of nitrogens with two attached hydrogens (primary N) is 1. The van der Waals surface area contributed by atoms with E-state index >= 15 is 0 Å². The quantitative estimate of drug-likeness (QED) is 0.569. The molecule has 6 heteroatoms. The first-order valence-electron chi connectivity index (χ1n) is 8.89. The number of alkyl halides is 3. The van der Waals surface area contributed by atoms with E-state index in [1.807, 2.05) is 18.2 Å². The number of allylic oxidation sites excluding steroid dienone is 2. The van der Waals surface area contributed by atoms with Gasteiger partial charge in [-0.2, -0.15) is 18.4 Å². The van der Waals surface area contributed by atoms with Gasteiger partial charge in [0.25, 0.3) is 0 Å². The second-order valence-electron chi connectivity index (χ2n) is 6.50. The van der Waals surface area contributed by atoms with E-state index in [0.29, 0.717) is 24.0 Å². The highest BCUT2D eigenvalue weighted by Gasteiger charge is 2.30. The maximum absolute atomic E-state index is 12.9. The molecule has 3 aromatic carbocycles. The third-order valence-electron chi connectivity index (χ3n) is 4.72. The van der Waals surface area contributed by atoms with Crippen LogP contribution >= 0.6 is 0 Å². The van der Waals surface area contributed by atoms with Crippen molar-refractivity contribution >= 4 is 16.7 Å². The van der Waals surface area contributed by atoms with Crippen LogP contribution in [0.5, 0.6) is 0 Å². The summed E-state index contributed by atoms with van der Waals surface area (Å²) in [6.45, 7) is 0. The molecule has 3 nitrogen and oxygen atoms in total. The lowest BCUT2D eigenvalue weighted by Gasteiger charge is -2.14. The molecular weight excluding hydrogens is 377 g/mol. The first-order chi connectivity index (χ1) is 13.8. The molecule has 3 aromatic rings. The maximum atomic E-state index is 12.9. The summed E-state index contributed by atoms with van der Waals surface area (Å²) < 4.78 is 38.6. The number of carbonyl (C=O) groups excluding carboxylic acids is 1. The zero-order chi connectivity index (χ0) is 21.0. The number of primary amides is 1. The van der Waals surface area contributed by atoms with Gasteiger partial charge >= 0.3 is 6.18 Å². The molecule has 2 N–H and O–H groups in total. The Balaban J connectivity index is 2.12. The fourth-order valence-corrected chi connectivity index (χ4v) is 3.37. The second kappa shape index (κ2) is 8.19. The molecule has 0 unspecified atom stereocenters. The van der Waals surface area contributed by atoms with E-state index in [1.165, 1.54) is 18.2 Å². The Morgan fingerprint density at radius 2 is 1.76 bits per heavy atom. The SMILES string of the molecule is N#C/C=C\CCc1c(C(N)=O)ccc2c(-c3ccc(C(F)(F)F)cc3)cccc12. The van der Waals surface area contributed by atoms with Gasteiger partial charge in [-0.15, -0.1) is 0 Å². The Bertz CT molecular complexity index is 1120. The molecule has 146 valence electrons. The molecule has 29 heavy (non-hydrogen) atoms. The van der Waals surface area contributed by atoms with Crippen molar-refractivity contribution in [3.8, 4) is 17.2 Å². The summed E-state index contributed by atoms with van der Waals surface area (Å²) in [6, 6.07) is 15.8. The van der Waals surface area contributed by atoms with Crippen LogP contribution in [0.4, 0.5) is 13.2 Å². The molecule has 0 fully saturated rings. The first kappa shape index (κ1) is 20.2. The van der Waals surface area contributed by atoms with Crippen molar-refractivity contribution in [3.05, 3.63) is 83.4 Å². The lowest BCUT2D eigenvalue weighted by molar-refractivity contribution is -0.137. The Hall–Kier alpha value is -3.59. The summed E-state index contributed by atoms with van der Waals surface area (Å²) in [5.41, 5.74) is 7.38. The minimum absolute atomic E-state index is 0.396. The van der Waals surface area contributed by atoms with Gasteiger partial charge < -0.3 is 5.73 Å². The Kier molecular flexibility index (Phi) is 5.69. The van der Waals surface area contributed by atoms with E-state index < -0.39 is 17.6 Å². The van der Waals surface area contributed by atoms with E-state index in [0.717, 1.165) is 34.0 Å². The summed E-state index contributed by atoms with van der Waals surface area (Å²) in [6.07, 6.45) is -0.245. The Morgan fingerprint density at radius 1 is 1.03 bits per heavy atom. The van der Waals surface area contributed by atoms with Gasteiger partial charge in [0.15, 0.2) is 0 Å². The number of hydrogen-bond donors (Lipinski definition) is 1. The average molecular weight is 394 g/mol. The third-order valence-corrected chi connectivity index (χ3v) is 4.72. The highest BCUT2D eigenvalue weighted by atomic mass is 19.4. The zero-order valence-corrected chi connectivity index (χ0v) is 15.3. The maximum Gasteiger partial charge on any atom is 0.416 e. The van der Waals surface area contributed by atoms with Gasteiger partial charge in [0.1, 0.15) is 0 Å². The van der Waals surface area contributed by atoms with Crippen molar-refractivity contribution < 1.29 is 18.0 Å². The molecule has 0 aromatic heterocycles. The van der Waals surface area contributed by atoms with Crippen molar-refractivity contribution in [1.82, 2.24) is 0 Å². The van der Waals surface area contributed by atoms with Gasteiger partial charge in [-0.3, -0.25) is 4.79 Å². The van der Waals surface area contributed by atoms with Gasteiger partial charge in [0, 0.05) is 11.6 Å². The number of hydrogen-bond acceptors (Lipinski definition) is 2. The lowest BCUT2D eigenvalue weighted by atomic mass is 9.90.